The van der Waals surface area contributed by atoms with E-state index in [2.05, 4.69) is 22.4 Å². The minimum atomic E-state index is -0.235. The zero-order chi connectivity index (χ0) is 14.9. The molecule has 4 nitrogen and oxygen atoms in total. The Bertz CT molecular complexity index is 488. The highest BCUT2D eigenvalue weighted by Gasteiger charge is 2.45. The lowest BCUT2D eigenvalue weighted by Crippen LogP contribution is -2.43. The second-order valence-corrected chi connectivity index (χ2v) is 7.66. The number of amides is 1. The smallest absolute Gasteiger partial charge is 0.251 e. The van der Waals surface area contributed by atoms with Gasteiger partial charge in [-0.3, -0.25) is 9.69 Å². The van der Waals surface area contributed by atoms with E-state index in [1.165, 1.54) is 17.7 Å². The topological polar surface area (TPSA) is 32.8 Å². The molecule has 2 fully saturated rings. The van der Waals surface area contributed by atoms with Crippen LogP contribution in [0, 0.1) is 5.41 Å². The average molecular weight is 308 g/mol. The number of hydrogen-bond donors (Lipinski definition) is 0. The van der Waals surface area contributed by atoms with Gasteiger partial charge in [0, 0.05) is 37.5 Å². The Hall–Kier alpha value is -0.910. The van der Waals surface area contributed by atoms with Crippen molar-refractivity contribution in [2.45, 2.75) is 31.9 Å². The molecule has 3 heterocycles. The fourth-order valence-electron chi connectivity index (χ4n) is 3.59. The highest BCUT2D eigenvalue weighted by Crippen LogP contribution is 2.41. The van der Waals surface area contributed by atoms with Gasteiger partial charge < -0.3 is 9.64 Å². The summed E-state index contributed by atoms with van der Waals surface area (Å²) < 4.78 is 5.84. The van der Waals surface area contributed by atoms with Crippen LogP contribution in [0.15, 0.2) is 17.5 Å². The van der Waals surface area contributed by atoms with Gasteiger partial charge in [0.05, 0.1) is 6.61 Å². The number of thiophene rings is 1. The fraction of sp³-hybridized carbons (Fsp3) is 0.688. The van der Waals surface area contributed by atoms with Gasteiger partial charge in [0.15, 0.2) is 0 Å². The first-order chi connectivity index (χ1) is 10.1. The number of likely N-dealkylation sites (N-methyl/N-ethyl adjacent to an activating group) is 1. The van der Waals surface area contributed by atoms with Crippen molar-refractivity contribution in [1.82, 2.24) is 9.80 Å². The van der Waals surface area contributed by atoms with Gasteiger partial charge in [-0.05, 0) is 37.3 Å². The largest absolute Gasteiger partial charge is 0.368 e. The minimum Gasteiger partial charge on any atom is -0.368 e. The van der Waals surface area contributed by atoms with E-state index in [9.17, 15) is 4.79 Å². The summed E-state index contributed by atoms with van der Waals surface area (Å²) >= 11 is 1.82. The molecule has 5 heteroatoms. The first-order valence-corrected chi connectivity index (χ1v) is 8.53. The van der Waals surface area contributed by atoms with Gasteiger partial charge in [-0.2, -0.15) is 0 Å². The van der Waals surface area contributed by atoms with Gasteiger partial charge in [-0.25, -0.2) is 0 Å². The molecule has 0 unspecified atom stereocenters. The van der Waals surface area contributed by atoms with Crippen LogP contribution < -0.4 is 0 Å². The average Bonchev–Trinajstić information content (AvgIpc) is 3.09. The number of carbonyl (C=O) groups excluding carboxylic acids is 1. The maximum absolute atomic E-state index is 12.1. The van der Waals surface area contributed by atoms with Crippen LogP contribution in [0.3, 0.4) is 0 Å². The van der Waals surface area contributed by atoms with Gasteiger partial charge in [0.1, 0.15) is 6.10 Å². The summed E-state index contributed by atoms with van der Waals surface area (Å²) in [5.74, 6) is 0.113. The Balaban J connectivity index is 1.62. The molecule has 1 amide bonds. The number of hydrogen-bond acceptors (Lipinski definition) is 4. The van der Waals surface area contributed by atoms with E-state index in [0.717, 1.165) is 32.7 Å². The first kappa shape index (κ1) is 15.0. The third-order valence-corrected chi connectivity index (χ3v) is 5.49. The zero-order valence-electron chi connectivity index (χ0n) is 12.9. The molecule has 2 atom stereocenters. The second kappa shape index (κ2) is 6.07. The molecule has 0 aliphatic carbocycles. The standard InChI is InChI=1S/C16H24N2O2S/c1-17(2)15(19)14-9-16(12-20-14)6-4-7-18(11-16)10-13-5-3-8-21-13/h3,5,8,14H,4,6-7,9-12H2,1-2H3/t14-,16-/m1/s1. The summed E-state index contributed by atoms with van der Waals surface area (Å²) in [5.41, 5.74) is 0.186. The van der Waals surface area contributed by atoms with Crippen LogP contribution in [0.2, 0.25) is 0 Å². The van der Waals surface area contributed by atoms with E-state index < -0.39 is 0 Å². The van der Waals surface area contributed by atoms with Crippen LogP contribution in [0.1, 0.15) is 24.1 Å². The zero-order valence-corrected chi connectivity index (χ0v) is 13.7. The molecule has 0 bridgehead atoms. The van der Waals surface area contributed by atoms with Crippen LogP contribution in [0.5, 0.6) is 0 Å². The van der Waals surface area contributed by atoms with E-state index in [1.54, 1.807) is 19.0 Å². The van der Waals surface area contributed by atoms with Crippen LogP contribution in [-0.2, 0) is 16.1 Å². The number of ether oxygens (including phenoxy) is 1. The normalized spacial score (nSPS) is 29.9. The number of likely N-dealkylation sites (tertiary alicyclic amines) is 1. The lowest BCUT2D eigenvalue weighted by Gasteiger charge is -2.39. The summed E-state index contributed by atoms with van der Waals surface area (Å²) in [6.45, 7) is 3.98. The SMILES string of the molecule is CN(C)C(=O)[C@H]1C[C@@]2(CCCN(Cc3cccs3)C2)CO1. The predicted molar refractivity (Wildman–Crippen MR) is 84.3 cm³/mol. The summed E-state index contributed by atoms with van der Waals surface area (Å²) in [4.78, 5) is 17.7. The van der Waals surface area contributed by atoms with Crippen LogP contribution in [-0.4, -0.2) is 55.6 Å². The molecule has 3 rings (SSSR count). The van der Waals surface area contributed by atoms with E-state index in [0.29, 0.717) is 0 Å². The van der Waals surface area contributed by atoms with Crippen molar-refractivity contribution >= 4 is 17.2 Å². The molecule has 1 spiro atoms. The monoisotopic (exact) mass is 308 g/mol. The van der Waals surface area contributed by atoms with Crippen molar-refractivity contribution in [3.63, 3.8) is 0 Å². The van der Waals surface area contributed by atoms with Crippen LogP contribution in [0.4, 0.5) is 0 Å². The van der Waals surface area contributed by atoms with Crippen molar-refractivity contribution < 1.29 is 9.53 Å². The second-order valence-electron chi connectivity index (χ2n) is 6.63. The molecule has 2 aliphatic rings. The Morgan fingerprint density at radius 3 is 3.14 bits per heavy atom. The highest BCUT2D eigenvalue weighted by atomic mass is 32.1. The summed E-state index contributed by atoms with van der Waals surface area (Å²) in [6.07, 6.45) is 3.04. The molecular formula is C16H24N2O2S. The van der Waals surface area contributed by atoms with Crippen LogP contribution in [0.25, 0.3) is 0 Å². The van der Waals surface area contributed by atoms with Crippen molar-refractivity contribution in [3.8, 4) is 0 Å². The van der Waals surface area contributed by atoms with Crippen LogP contribution >= 0.6 is 11.3 Å². The maximum atomic E-state index is 12.1. The van der Waals surface area contributed by atoms with Crippen molar-refractivity contribution in [2.24, 2.45) is 5.41 Å². The molecule has 0 radical (unpaired) electrons. The molecule has 2 aliphatic heterocycles. The number of nitrogens with zero attached hydrogens (tertiary/aromatic N) is 2. The number of carbonyl (C=O) groups is 1. The van der Waals surface area contributed by atoms with E-state index in [1.807, 2.05) is 11.3 Å². The Morgan fingerprint density at radius 2 is 2.43 bits per heavy atom. The number of piperidine rings is 1. The molecule has 0 saturated carbocycles. The summed E-state index contributed by atoms with van der Waals surface area (Å²) in [7, 11) is 3.61. The van der Waals surface area contributed by atoms with Crippen molar-refractivity contribution in [3.05, 3.63) is 22.4 Å². The third-order valence-electron chi connectivity index (χ3n) is 4.63. The fourth-order valence-corrected chi connectivity index (χ4v) is 4.33. The van der Waals surface area contributed by atoms with Gasteiger partial charge in [-0.15, -0.1) is 11.3 Å². The molecule has 1 aromatic rings. The first-order valence-electron chi connectivity index (χ1n) is 7.66. The Labute approximate surface area is 130 Å². The molecule has 21 heavy (non-hydrogen) atoms. The lowest BCUT2D eigenvalue weighted by atomic mass is 9.78. The van der Waals surface area contributed by atoms with Gasteiger partial charge in [0.2, 0.25) is 0 Å². The van der Waals surface area contributed by atoms with E-state index >= 15 is 0 Å². The van der Waals surface area contributed by atoms with Crippen molar-refractivity contribution in [1.29, 1.82) is 0 Å². The quantitative estimate of drug-likeness (QED) is 0.858. The number of rotatable bonds is 3. The van der Waals surface area contributed by atoms with E-state index in [4.69, 9.17) is 4.74 Å². The molecule has 0 N–H and O–H groups in total. The summed E-state index contributed by atoms with van der Waals surface area (Å²) in [6, 6.07) is 4.32. The third kappa shape index (κ3) is 3.30. The van der Waals surface area contributed by atoms with Gasteiger partial charge in [0.25, 0.3) is 5.91 Å². The predicted octanol–water partition coefficient (Wildman–Crippen LogP) is 2.21. The Kier molecular flexibility index (Phi) is 4.33. The molecule has 1 aromatic heterocycles. The molecular weight excluding hydrogens is 284 g/mol. The molecule has 0 aromatic carbocycles. The maximum Gasteiger partial charge on any atom is 0.251 e. The Morgan fingerprint density at radius 1 is 1.57 bits per heavy atom. The lowest BCUT2D eigenvalue weighted by molar-refractivity contribution is -0.138. The molecule has 2 saturated heterocycles. The van der Waals surface area contributed by atoms with Gasteiger partial charge in [-0.1, -0.05) is 6.07 Å². The van der Waals surface area contributed by atoms with Gasteiger partial charge >= 0.3 is 0 Å². The molecule has 116 valence electrons. The van der Waals surface area contributed by atoms with E-state index in [-0.39, 0.29) is 17.4 Å². The van der Waals surface area contributed by atoms with Crippen molar-refractivity contribution in [2.75, 3.05) is 33.8 Å². The summed E-state index contributed by atoms with van der Waals surface area (Å²) in [5, 5.41) is 2.14. The minimum absolute atomic E-state index is 0.113. The highest BCUT2D eigenvalue weighted by molar-refractivity contribution is 7.09.